The molecule has 490 valence electrons. The Bertz CT molecular complexity index is 1720. The van der Waals surface area contributed by atoms with Gasteiger partial charge >= 0.3 is 17.9 Å². The summed E-state index contributed by atoms with van der Waals surface area (Å²) >= 11 is 0. The van der Waals surface area contributed by atoms with Gasteiger partial charge < -0.3 is 28.5 Å². The number of carbonyl (C=O) groups excluding carboxylic acids is 2. The predicted octanol–water partition coefficient (Wildman–Crippen LogP) is 22.0. The van der Waals surface area contributed by atoms with Gasteiger partial charge in [-0.1, -0.05) is 304 Å². The molecule has 0 saturated heterocycles. The standard InChI is InChI=1S/C76H133NO8/c1-6-8-10-12-14-16-18-20-22-24-26-27-28-29-30-31-32-33-34-35-36-37-38-39-40-41-42-43-44-45-46-47-49-51-53-55-57-59-61-63-65-67-74(79)85-72(71-84-76(75(80)81)82-69-68-77(3,4)5)70-83-73(78)66-64-62-60-58-56-54-52-50-48-25-23-21-19-17-15-13-11-9-7-2/h8-11,14-17,20-23,26-27,48,50,72,76H,6-7,12-13,18-19,24-25,28-47,49,51-71H2,1-5H3/p+1/b10-8-,11-9-,16-14-,17-15-,22-20-,23-21-,27-26-,50-48-. The van der Waals surface area contributed by atoms with Gasteiger partial charge in [0.2, 0.25) is 0 Å². The Balaban J connectivity index is 3.97. The zero-order chi connectivity index (χ0) is 61.9. The van der Waals surface area contributed by atoms with Gasteiger partial charge in [0.1, 0.15) is 13.2 Å². The van der Waals surface area contributed by atoms with Gasteiger partial charge in [0.15, 0.2) is 6.10 Å². The van der Waals surface area contributed by atoms with Crippen molar-refractivity contribution >= 4 is 17.9 Å². The van der Waals surface area contributed by atoms with Crippen LogP contribution in [0.4, 0.5) is 0 Å². The van der Waals surface area contributed by atoms with Gasteiger partial charge in [0.25, 0.3) is 6.29 Å². The molecular weight excluding hydrogens is 1050 g/mol. The molecule has 0 aromatic heterocycles. The largest absolute Gasteiger partial charge is 0.477 e. The topological polar surface area (TPSA) is 108 Å². The van der Waals surface area contributed by atoms with Gasteiger partial charge in [-0.25, -0.2) is 4.79 Å². The van der Waals surface area contributed by atoms with E-state index in [2.05, 4.69) is 111 Å². The molecule has 0 aliphatic rings. The maximum absolute atomic E-state index is 12.9. The first-order valence-corrected chi connectivity index (χ1v) is 35.4. The normalized spacial score (nSPS) is 13.3. The van der Waals surface area contributed by atoms with Crippen LogP contribution in [-0.2, 0) is 33.3 Å². The molecule has 1 N–H and O–H groups in total. The summed E-state index contributed by atoms with van der Waals surface area (Å²) in [6.45, 7) is 4.66. The first-order chi connectivity index (χ1) is 41.6. The maximum atomic E-state index is 12.9. The van der Waals surface area contributed by atoms with Crippen molar-refractivity contribution in [3.8, 4) is 0 Å². The van der Waals surface area contributed by atoms with E-state index in [4.69, 9.17) is 18.9 Å². The van der Waals surface area contributed by atoms with E-state index in [1.807, 2.05) is 21.1 Å². The third-order valence-electron chi connectivity index (χ3n) is 15.3. The average Bonchev–Trinajstić information content (AvgIpc) is 3.49. The zero-order valence-corrected chi connectivity index (χ0v) is 56.0. The van der Waals surface area contributed by atoms with E-state index in [0.717, 1.165) is 103 Å². The predicted molar refractivity (Wildman–Crippen MR) is 364 cm³/mol. The second kappa shape index (κ2) is 66.2. The highest BCUT2D eigenvalue weighted by molar-refractivity contribution is 5.71. The Kier molecular flexibility index (Phi) is 63.2. The van der Waals surface area contributed by atoms with Crippen molar-refractivity contribution < 1.29 is 42.9 Å². The number of aliphatic carboxylic acids is 1. The Morgan fingerprint density at radius 1 is 0.353 bits per heavy atom. The van der Waals surface area contributed by atoms with Crippen LogP contribution in [-0.4, -0.2) is 87.4 Å². The number of quaternary nitrogens is 1. The second-order valence-corrected chi connectivity index (χ2v) is 24.8. The minimum Gasteiger partial charge on any atom is -0.477 e. The summed E-state index contributed by atoms with van der Waals surface area (Å²) < 4.78 is 22.9. The van der Waals surface area contributed by atoms with Crippen molar-refractivity contribution in [3.63, 3.8) is 0 Å². The van der Waals surface area contributed by atoms with E-state index >= 15 is 0 Å². The number of allylic oxidation sites excluding steroid dienone is 16. The van der Waals surface area contributed by atoms with Crippen LogP contribution in [0.25, 0.3) is 0 Å². The van der Waals surface area contributed by atoms with Crippen LogP contribution in [0, 0.1) is 0 Å². The van der Waals surface area contributed by atoms with Crippen molar-refractivity contribution in [3.05, 3.63) is 97.2 Å². The highest BCUT2D eigenvalue weighted by atomic mass is 16.7. The highest BCUT2D eigenvalue weighted by Crippen LogP contribution is 2.18. The fourth-order valence-corrected chi connectivity index (χ4v) is 10.00. The maximum Gasteiger partial charge on any atom is 0.361 e. The zero-order valence-electron chi connectivity index (χ0n) is 56.0. The summed E-state index contributed by atoms with van der Waals surface area (Å²) in [5, 5.41) is 9.73. The van der Waals surface area contributed by atoms with Gasteiger partial charge in [0, 0.05) is 12.8 Å². The number of ether oxygens (including phenoxy) is 4. The molecule has 0 heterocycles. The Labute approximate surface area is 524 Å². The van der Waals surface area contributed by atoms with Crippen molar-refractivity contribution in [2.75, 3.05) is 47.5 Å². The Morgan fingerprint density at radius 3 is 0.941 bits per heavy atom. The van der Waals surface area contributed by atoms with Crippen LogP contribution in [0.1, 0.15) is 309 Å². The van der Waals surface area contributed by atoms with Gasteiger partial charge in [0.05, 0.1) is 34.4 Å². The Hall–Kier alpha value is -3.79. The number of rotatable bonds is 65. The number of hydrogen-bond acceptors (Lipinski definition) is 7. The lowest BCUT2D eigenvalue weighted by Gasteiger charge is -2.25. The molecule has 2 atom stereocenters. The lowest BCUT2D eigenvalue weighted by Crippen LogP contribution is -2.40. The fraction of sp³-hybridized carbons (Fsp3) is 0.750. The minimum atomic E-state index is -1.52. The molecule has 0 bridgehead atoms. The summed E-state index contributed by atoms with van der Waals surface area (Å²) in [6, 6.07) is 0. The molecule has 0 radical (unpaired) electrons. The number of unbranched alkanes of at least 4 members (excludes halogenated alkanes) is 34. The first-order valence-electron chi connectivity index (χ1n) is 35.4. The number of likely N-dealkylation sites (N-methyl/N-ethyl adjacent to an activating group) is 1. The van der Waals surface area contributed by atoms with Crippen LogP contribution < -0.4 is 0 Å². The molecule has 0 aromatic rings. The van der Waals surface area contributed by atoms with Gasteiger partial charge in [-0.2, -0.15) is 0 Å². The molecule has 0 spiro atoms. The number of esters is 2. The molecule has 0 aromatic carbocycles. The first kappa shape index (κ1) is 81.2. The molecule has 0 aliphatic carbocycles. The Morgan fingerprint density at radius 2 is 0.635 bits per heavy atom. The molecule has 9 heteroatoms. The van der Waals surface area contributed by atoms with Crippen LogP contribution in [0.15, 0.2) is 97.2 Å². The van der Waals surface area contributed by atoms with Crippen molar-refractivity contribution in [1.29, 1.82) is 0 Å². The van der Waals surface area contributed by atoms with E-state index in [-0.39, 0.29) is 38.6 Å². The number of nitrogens with zero attached hydrogens (tertiary/aromatic N) is 1. The summed E-state index contributed by atoms with van der Waals surface area (Å²) in [5.41, 5.74) is 0. The molecule has 9 nitrogen and oxygen atoms in total. The van der Waals surface area contributed by atoms with E-state index < -0.39 is 24.3 Å². The highest BCUT2D eigenvalue weighted by Gasteiger charge is 2.25. The summed E-state index contributed by atoms with van der Waals surface area (Å²) in [6.07, 6.45) is 88.3. The SMILES string of the molecule is CC/C=C\C/C=C\C/C=C\C/C=C\CCCCCCCCCCCCCCCCCCCCCCCCCCCCCCC(=O)OC(COC(=O)CCCCCCCC/C=C\C/C=C\C/C=C\C/C=C\CC)COC(OCC[N+](C)(C)C)C(=O)O. The van der Waals surface area contributed by atoms with Crippen LogP contribution in [0.5, 0.6) is 0 Å². The molecule has 85 heavy (non-hydrogen) atoms. The summed E-state index contributed by atoms with van der Waals surface area (Å²) in [7, 11) is 5.97. The minimum absolute atomic E-state index is 0.183. The van der Waals surface area contributed by atoms with Gasteiger partial charge in [-0.15, -0.1) is 0 Å². The molecule has 0 fully saturated rings. The van der Waals surface area contributed by atoms with Gasteiger partial charge in [-0.05, 0) is 89.9 Å². The van der Waals surface area contributed by atoms with Crippen LogP contribution in [0.2, 0.25) is 0 Å². The number of carboxylic acids is 1. The quantitative estimate of drug-likeness (QED) is 0.0211. The van der Waals surface area contributed by atoms with E-state index in [9.17, 15) is 19.5 Å². The van der Waals surface area contributed by atoms with Crippen molar-refractivity contribution in [2.24, 2.45) is 0 Å². The van der Waals surface area contributed by atoms with Crippen molar-refractivity contribution in [1.82, 2.24) is 0 Å². The molecule has 0 amide bonds. The third kappa shape index (κ3) is 67.6. The molecule has 2 unspecified atom stereocenters. The third-order valence-corrected chi connectivity index (χ3v) is 15.3. The smallest absolute Gasteiger partial charge is 0.361 e. The lowest BCUT2D eigenvalue weighted by atomic mass is 10.0. The van der Waals surface area contributed by atoms with Gasteiger partial charge in [-0.3, -0.25) is 9.59 Å². The van der Waals surface area contributed by atoms with Crippen molar-refractivity contribution in [2.45, 2.75) is 322 Å². The van der Waals surface area contributed by atoms with Crippen LogP contribution >= 0.6 is 0 Å². The summed E-state index contributed by atoms with van der Waals surface area (Å²) in [5.74, 6) is -2.01. The van der Waals surface area contributed by atoms with E-state index in [1.54, 1.807) is 0 Å². The van der Waals surface area contributed by atoms with E-state index in [0.29, 0.717) is 11.0 Å². The molecule has 0 aliphatic heterocycles. The number of carbonyl (C=O) groups is 3. The average molecular weight is 1190 g/mol. The van der Waals surface area contributed by atoms with E-state index in [1.165, 1.54) is 180 Å². The monoisotopic (exact) mass is 1190 g/mol. The summed E-state index contributed by atoms with van der Waals surface area (Å²) in [4.78, 5) is 37.6. The molecule has 0 rings (SSSR count). The van der Waals surface area contributed by atoms with Crippen LogP contribution in [0.3, 0.4) is 0 Å². The number of carboxylic acid groups (broad SMARTS) is 1. The molecule has 0 saturated carbocycles. The molecular formula is C76H134NO8+. The second-order valence-electron chi connectivity index (χ2n) is 24.8. The fourth-order valence-electron chi connectivity index (χ4n) is 10.00. The lowest BCUT2D eigenvalue weighted by molar-refractivity contribution is -0.870. The number of hydrogen-bond donors (Lipinski definition) is 1.